The Bertz CT molecular complexity index is 745. The lowest BCUT2D eigenvalue weighted by Crippen LogP contribution is -2.17. The molecule has 0 unspecified atom stereocenters. The molecule has 0 bridgehead atoms. The molecule has 2 rings (SSSR count). The monoisotopic (exact) mass is 390 g/mol. The van der Waals surface area contributed by atoms with Gasteiger partial charge in [0.25, 0.3) is 5.91 Å². The lowest BCUT2D eigenvalue weighted by Gasteiger charge is -2.10. The van der Waals surface area contributed by atoms with E-state index in [1.54, 1.807) is 6.07 Å². The Morgan fingerprint density at radius 1 is 1.33 bits per heavy atom. The van der Waals surface area contributed by atoms with Crippen LogP contribution in [0.4, 0.5) is 0 Å². The van der Waals surface area contributed by atoms with Gasteiger partial charge in [0.15, 0.2) is 0 Å². The van der Waals surface area contributed by atoms with Crippen molar-refractivity contribution >= 4 is 28.1 Å². The number of rotatable bonds is 6. The lowest BCUT2D eigenvalue weighted by atomic mass is 10.2. The number of hydrogen-bond donors (Lipinski definition) is 2. The molecular formula is C18H19BrN2O3. The predicted molar refractivity (Wildman–Crippen MR) is 97.6 cm³/mol. The number of carbonyl (C=O) groups is 1. The van der Waals surface area contributed by atoms with Crippen LogP contribution >= 0.6 is 15.9 Å². The molecule has 0 aliphatic heterocycles. The van der Waals surface area contributed by atoms with Gasteiger partial charge in [0, 0.05) is 10.0 Å². The van der Waals surface area contributed by atoms with Gasteiger partial charge in [-0.3, -0.25) is 4.79 Å². The molecule has 0 aliphatic carbocycles. The van der Waals surface area contributed by atoms with E-state index < -0.39 is 5.91 Å². The minimum absolute atomic E-state index is 0.105. The van der Waals surface area contributed by atoms with Crippen molar-refractivity contribution in [2.45, 2.75) is 13.8 Å². The molecule has 6 heteroatoms. The largest absolute Gasteiger partial charge is 0.507 e. The highest BCUT2D eigenvalue weighted by Gasteiger charge is 2.10. The summed E-state index contributed by atoms with van der Waals surface area (Å²) in [5.74, 6) is 0.515. The summed E-state index contributed by atoms with van der Waals surface area (Å²) in [5.41, 5.74) is 3.31. The number of hydrogen-bond acceptors (Lipinski definition) is 4. The van der Waals surface area contributed by atoms with E-state index in [0.29, 0.717) is 22.7 Å². The van der Waals surface area contributed by atoms with Crippen molar-refractivity contribution in [3.63, 3.8) is 0 Å². The van der Waals surface area contributed by atoms with Crippen LogP contribution in [0.15, 0.2) is 52.0 Å². The number of phenolic OH excluding ortho intramolecular Hbond substituents is 1. The first-order chi connectivity index (χ1) is 11.5. The SMILES string of the molecule is CC(C)COc1ccccc1/C=N/NC(=O)c1cc(Br)ccc1O. The van der Waals surface area contributed by atoms with Gasteiger partial charge in [-0.15, -0.1) is 0 Å². The van der Waals surface area contributed by atoms with Gasteiger partial charge in [-0.05, 0) is 36.2 Å². The van der Waals surface area contributed by atoms with Gasteiger partial charge in [-0.1, -0.05) is 41.9 Å². The number of nitrogens with one attached hydrogen (secondary N) is 1. The Balaban J connectivity index is 2.06. The number of aromatic hydroxyl groups is 1. The summed E-state index contributed by atoms with van der Waals surface area (Å²) >= 11 is 3.26. The predicted octanol–water partition coefficient (Wildman–Crippen LogP) is 3.95. The Morgan fingerprint density at radius 2 is 2.08 bits per heavy atom. The van der Waals surface area contributed by atoms with Crippen molar-refractivity contribution in [2.75, 3.05) is 6.61 Å². The highest BCUT2D eigenvalue weighted by Crippen LogP contribution is 2.21. The fourth-order valence-corrected chi connectivity index (χ4v) is 2.25. The van der Waals surface area contributed by atoms with Crippen LogP contribution in [-0.4, -0.2) is 23.8 Å². The molecule has 5 nitrogen and oxygen atoms in total. The fourth-order valence-electron chi connectivity index (χ4n) is 1.89. The first-order valence-electron chi connectivity index (χ1n) is 7.51. The van der Waals surface area contributed by atoms with Gasteiger partial charge in [-0.2, -0.15) is 5.10 Å². The minimum atomic E-state index is -0.495. The number of phenols is 1. The van der Waals surface area contributed by atoms with Crippen LogP contribution in [0.5, 0.6) is 11.5 Å². The molecule has 0 saturated carbocycles. The quantitative estimate of drug-likeness (QED) is 0.579. The maximum Gasteiger partial charge on any atom is 0.275 e. The molecule has 2 aromatic rings. The zero-order chi connectivity index (χ0) is 17.5. The molecule has 24 heavy (non-hydrogen) atoms. The number of ether oxygens (including phenoxy) is 1. The van der Waals surface area contributed by atoms with E-state index in [1.807, 2.05) is 24.3 Å². The van der Waals surface area contributed by atoms with Crippen molar-refractivity contribution in [3.05, 3.63) is 58.1 Å². The zero-order valence-corrected chi connectivity index (χ0v) is 15.1. The highest BCUT2D eigenvalue weighted by molar-refractivity contribution is 9.10. The molecule has 0 aromatic heterocycles. The van der Waals surface area contributed by atoms with Crippen LogP contribution in [0.1, 0.15) is 29.8 Å². The third kappa shape index (κ3) is 5.09. The maximum atomic E-state index is 12.1. The number of carbonyl (C=O) groups excluding carboxylic acids is 1. The maximum absolute atomic E-state index is 12.1. The van der Waals surface area contributed by atoms with Gasteiger partial charge in [0.1, 0.15) is 11.5 Å². The number of hydrazone groups is 1. The Morgan fingerprint density at radius 3 is 2.83 bits per heavy atom. The van der Waals surface area contributed by atoms with E-state index >= 15 is 0 Å². The van der Waals surface area contributed by atoms with Crippen LogP contribution < -0.4 is 10.2 Å². The zero-order valence-electron chi connectivity index (χ0n) is 13.5. The van der Waals surface area contributed by atoms with Gasteiger partial charge in [0.2, 0.25) is 0 Å². The summed E-state index contributed by atoms with van der Waals surface area (Å²) in [6.07, 6.45) is 1.52. The van der Waals surface area contributed by atoms with Crippen molar-refractivity contribution in [2.24, 2.45) is 11.0 Å². The van der Waals surface area contributed by atoms with Crippen molar-refractivity contribution in [3.8, 4) is 11.5 Å². The second kappa shape index (κ2) is 8.49. The molecule has 1 amide bonds. The van der Waals surface area contributed by atoms with E-state index in [-0.39, 0.29) is 11.3 Å². The van der Waals surface area contributed by atoms with Gasteiger partial charge >= 0.3 is 0 Å². The molecule has 0 fully saturated rings. The highest BCUT2D eigenvalue weighted by atomic mass is 79.9. The summed E-state index contributed by atoms with van der Waals surface area (Å²) in [6.45, 7) is 4.74. The van der Waals surface area contributed by atoms with Gasteiger partial charge in [0.05, 0.1) is 18.4 Å². The topological polar surface area (TPSA) is 70.9 Å². The second-order valence-electron chi connectivity index (χ2n) is 5.60. The van der Waals surface area contributed by atoms with E-state index in [2.05, 4.69) is 40.3 Å². The summed E-state index contributed by atoms with van der Waals surface area (Å²) < 4.78 is 6.42. The lowest BCUT2D eigenvalue weighted by molar-refractivity contribution is 0.0952. The Kier molecular flexibility index (Phi) is 6.37. The fraction of sp³-hybridized carbons (Fsp3) is 0.222. The van der Waals surface area contributed by atoms with Gasteiger partial charge in [-0.25, -0.2) is 5.43 Å². The van der Waals surface area contributed by atoms with Crippen LogP contribution in [0, 0.1) is 5.92 Å². The molecule has 0 aliphatic rings. The average Bonchev–Trinajstić information content (AvgIpc) is 2.56. The Labute approximate surface area is 149 Å². The molecule has 2 N–H and O–H groups in total. The van der Waals surface area contributed by atoms with Crippen LogP contribution in [0.3, 0.4) is 0 Å². The number of amides is 1. The van der Waals surface area contributed by atoms with E-state index in [9.17, 15) is 9.90 Å². The first-order valence-corrected chi connectivity index (χ1v) is 8.30. The van der Waals surface area contributed by atoms with E-state index in [0.717, 1.165) is 5.56 Å². The van der Waals surface area contributed by atoms with Crippen LogP contribution in [-0.2, 0) is 0 Å². The third-order valence-electron chi connectivity index (χ3n) is 3.06. The standard InChI is InChI=1S/C18H19BrN2O3/c1-12(2)11-24-17-6-4-3-5-13(17)10-20-21-18(23)15-9-14(19)7-8-16(15)22/h3-10,12,22H,11H2,1-2H3,(H,21,23)/b20-10+. The Hall–Kier alpha value is -2.34. The smallest absolute Gasteiger partial charge is 0.275 e. The normalized spacial score (nSPS) is 11.0. The number of para-hydroxylation sites is 1. The molecule has 0 spiro atoms. The summed E-state index contributed by atoms with van der Waals surface area (Å²) in [5, 5.41) is 13.7. The van der Waals surface area contributed by atoms with Gasteiger partial charge < -0.3 is 9.84 Å². The van der Waals surface area contributed by atoms with Crippen molar-refractivity contribution in [1.82, 2.24) is 5.43 Å². The average molecular weight is 391 g/mol. The van der Waals surface area contributed by atoms with Crippen LogP contribution in [0.25, 0.3) is 0 Å². The minimum Gasteiger partial charge on any atom is -0.507 e. The number of nitrogens with zero attached hydrogens (tertiary/aromatic N) is 1. The molecule has 126 valence electrons. The van der Waals surface area contributed by atoms with Crippen LogP contribution in [0.2, 0.25) is 0 Å². The number of benzene rings is 2. The van der Waals surface area contributed by atoms with E-state index in [1.165, 1.54) is 18.3 Å². The molecule has 0 heterocycles. The van der Waals surface area contributed by atoms with Crippen molar-refractivity contribution in [1.29, 1.82) is 0 Å². The first kappa shape index (κ1) is 18.0. The number of halogens is 1. The molecular weight excluding hydrogens is 372 g/mol. The molecule has 2 aromatic carbocycles. The molecule has 0 radical (unpaired) electrons. The van der Waals surface area contributed by atoms with E-state index in [4.69, 9.17) is 4.74 Å². The third-order valence-corrected chi connectivity index (χ3v) is 3.56. The summed E-state index contributed by atoms with van der Waals surface area (Å²) in [7, 11) is 0. The van der Waals surface area contributed by atoms with Crippen molar-refractivity contribution < 1.29 is 14.6 Å². The second-order valence-corrected chi connectivity index (χ2v) is 6.52. The molecule has 0 saturated heterocycles. The summed E-state index contributed by atoms with van der Waals surface area (Å²) in [4.78, 5) is 12.1. The molecule has 0 atom stereocenters. The summed E-state index contributed by atoms with van der Waals surface area (Å²) in [6, 6.07) is 12.1.